The van der Waals surface area contributed by atoms with Crippen molar-refractivity contribution in [2.45, 2.75) is 32.7 Å². The highest BCUT2D eigenvalue weighted by atomic mass is 35.5. The highest BCUT2D eigenvalue weighted by Crippen LogP contribution is 2.47. The van der Waals surface area contributed by atoms with Crippen LogP contribution < -0.4 is 5.32 Å². The van der Waals surface area contributed by atoms with E-state index in [9.17, 15) is 0 Å². The molecule has 2 heterocycles. The number of pyridine rings is 1. The van der Waals surface area contributed by atoms with Gasteiger partial charge in [-0.3, -0.25) is 0 Å². The lowest BCUT2D eigenvalue weighted by atomic mass is 10.3. The van der Waals surface area contributed by atoms with Crippen LogP contribution in [0, 0.1) is 12.8 Å². The van der Waals surface area contributed by atoms with Crippen LogP contribution in [0.5, 0.6) is 0 Å². The molecule has 19 heavy (non-hydrogen) atoms. The fourth-order valence-electron chi connectivity index (χ4n) is 2.27. The molecule has 4 heteroatoms. The minimum absolute atomic E-state index is 0.494. The zero-order chi connectivity index (χ0) is 13.4. The van der Waals surface area contributed by atoms with E-state index in [0.29, 0.717) is 17.6 Å². The highest BCUT2D eigenvalue weighted by Gasteiger charge is 2.36. The van der Waals surface area contributed by atoms with Gasteiger partial charge >= 0.3 is 0 Å². The normalized spacial score (nSPS) is 21.4. The number of hydrogen-bond acceptors (Lipinski definition) is 3. The molecule has 3 nitrogen and oxygen atoms in total. The molecule has 3 rings (SSSR count). The first-order chi connectivity index (χ1) is 9.13. The SMILES string of the molecule is Cc1cnc(Cl)c(NCc2ccc(C3CC3C)o2)c1. The van der Waals surface area contributed by atoms with Crippen molar-refractivity contribution in [1.29, 1.82) is 0 Å². The third-order valence-electron chi connectivity index (χ3n) is 3.59. The summed E-state index contributed by atoms with van der Waals surface area (Å²) in [6.45, 7) is 4.88. The van der Waals surface area contributed by atoms with Crippen molar-refractivity contribution in [1.82, 2.24) is 4.98 Å². The molecule has 2 unspecified atom stereocenters. The minimum Gasteiger partial charge on any atom is -0.464 e. The number of hydrogen-bond donors (Lipinski definition) is 1. The fourth-order valence-corrected chi connectivity index (χ4v) is 2.44. The number of rotatable bonds is 4. The van der Waals surface area contributed by atoms with E-state index in [1.807, 2.05) is 19.1 Å². The van der Waals surface area contributed by atoms with Gasteiger partial charge in [0.1, 0.15) is 11.5 Å². The number of aryl methyl sites for hydroxylation is 1. The Morgan fingerprint density at radius 3 is 3.00 bits per heavy atom. The lowest BCUT2D eigenvalue weighted by Gasteiger charge is -2.06. The molecule has 1 aliphatic carbocycles. The van der Waals surface area contributed by atoms with Gasteiger partial charge in [-0.05, 0) is 43.0 Å². The summed E-state index contributed by atoms with van der Waals surface area (Å²) in [5.74, 6) is 3.43. The summed E-state index contributed by atoms with van der Waals surface area (Å²) >= 11 is 6.04. The average Bonchev–Trinajstić information content (AvgIpc) is 2.93. The molecular formula is C15H17ClN2O. The van der Waals surface area contributed by atoms with Crippen LogP contribution in [0.3, 0.4) is 0 Å². The van der Waals surface area contributed by atoms with E-state index in [2.05, 4.69) is 23.3 Å². The molecule has 2 atom stereocenters. The predicted molar refractivity (Wildman–Crippen MR) is 76.5 cm³/mol. The van der Waals surface area contributed by atoms with Gasteiger partial charge in [-0.1, -0.05) is 18.5 Å². The van der Waals surface area contributed by atoms with Gasteiger partial charge in [0.25, 0.3) is 0 Å². The Kier molecular flexibility index (Phi) is 3.23. The standard InChI is InChI=1S/C15H17ClN2O/c1-9-5-13(15(16)18-7-9)17-8-11-3-4-14(19-11)12-6-10(12)2/h3-5,7,10,12,17H,6,8H2,1-2H3. The molecule has 0 amide bonds. The molecule has 1 saturated carbocycles. The Labute approximate surface area is 118 Å². The second-order valence-electron chi connectivity index (χ2n) is 5.33. The summed E-state index contributed by atoms with van der Waals surface area (Å²) in [4.78, 5) is 4.12. The van der Waals surface area contributed by atoms with Crippen molar-refractivity contribution < 1.29 is 4.42 Å². The van der Waals surface area contributed by atoms with Crippen molar-refractivity contribution in [3.8, 4) is 0 Å². The van der Waals surface area contributed by atoms with Gasteiger partial charge in [0, 0.05) is 12.1 Å². The summed E-state index contributed by atoms with van der Waals surface area (Å²) in [5.41, 5.74) is 1.93. The third-order valence-corrected chi connectivity index (χ3v) is 3.89. The van der Waals surface area contributed by atoms with Crippen LogP contribution in [0.2, 0.25) is 5.15 Å². The van der Waals surface area contributed by atoms with Crippen molar-refractivity contribution in [2.75, 3.05) is 5.32 Å². The lowest BCUT2D eigenvalue weighted by Crippen LogP contribution is -2.00. The Bertz CT molecular complexity index is 594. The van der Waals surface area contributed by atoms with Crippen LogP contribution in [0.4, 0.5) is 5.69 Å². The molecule has 0 spiro atoms. The van der Waals surface area contributed by atoms with E-state index in [4.69, 9.17) is 16.0 Å². The molecule has 2 aromatic heterocycles. The molecular weight excluding hydrogens is 260 g/mol. The number of nitrogens with zero attached hydrogens (tertiary/aromatic N) is 1. The highest BCUT2D eigenvalue weighted by molar-refractivity contribution is 6.31. The first-order valence-electron chi connectivity index (χ1n) is 6.58. The maximum absolute atomic E-state index is 6.04. The number of furan rings is 1. The Morgan fingerprint density at radius 2 is 2.26 bits per heavy atom. The lowest BCUT2D eigenvalue weighted by molar-refractivity contribution is 0.468. The Hall–Kier alpha value is -1.48. The third kappa shape index (κ3) is 2.76. The molecule has 1 N–H and O–H groups in total. The van der Waals surface area contributed by atoms with Crippen LogP contribution in [0.15, 0.2) is 28.8 Å². The molecule has 100 valence electrons. The first-order valence-corrected chi connectivity index (χ1v) is 6.96. The maximum atomic E-state index is 6.04. The van der Waals surface area contributed by atoms with Gasteiger partial charge in [0.05, 0.1) is 12.2 Å². The molecule has 0 saturated heterocycles. The molecule has 1 fully saturated rings. The van der Waals surface area contributed by atoms with Crippen molar-refractivity contribution in [3.05, 3.63) is 46.6 Å². The Morgan fingerprint density at radius 1 is 1.47 bits per heavy atom. The fraction of sp³-hybridized carbons (Fsp3) is 0.400. The quantitative estimate of drug-likeness (QED) is 0.843. The van der Waals surface area contributed by atoms with Crippen molar-refractivity contribution >= 4 is 17.3 Å². The molecule has 0 aromatic carbocycles. The van der Waals surface area contributed by atoms with E-state index in [0.717, 1.165) is 28.7 Å². The smallest absolute Gasteiger partial charge is 0.152 e. The first kappa shape index (κ1) is 12.5. The summed E-state index contributed by atoms with van der Waals surface area (Å²) in [5, 5.41) is 3.76. The number of nitrogens with one attached hydrogen (secondary N) is 1. The second kappa shape index (κ2) is 4.89. The summed E-state index contributed by atoms with van der Waals surface area (Å²) in [7, 11) is 0. The number of anilines is 1. The van der Waals surface area contributed by atoms with E-state index < -0.39 is 0 Å². The summed E-state index contributed by atoms with van der Waals surface area (Å²) in [6, 6.07) is 6.11. The van der Waals surface area contributed by atoms with E-state index >= 15 is 0 Å². The van der Waals surface area contributed by atoms with Crippen LogP contribution in [-0.4, -0.2) is 4.98 Å². The number of halogens is 1. The molecule has 2 aromatic rings. The van der Waals surface area contributed by atoms with Crippen LogP contribution >= 0.6 is 11.6 Å². The van der Waals surface area contributed by atoms with Crippen molar-refractivity contribution in [3.63, 3.8) is 0 Å². The predicted octanol–water partition coefficient (Wildman–Crippen LogP) is 4.37. The van der Waals surface area contributed by atoms with Gasteiger partial charge in [0.15, 0.2) is 5.15 Å². The average molecular weight is 277 g/mol. The number of aromatic nitrogens is 1. The van der Waals surface area contributed by atoms with E-state index in [1.54, 1.807) is 6.20 Å². The molecule has 0 bridgehead atoms. The summed E-state index contributed by atoms with van der Waals surface area (Å²) in [6.07, 6.45) is 3.00. The van der Waals surface area contributed by atoms with Crippen LogP contribution in [-0.2, 0) is 6.54 Å². The van der Waals surface area contributed by atoms with Gasteiger partial charge in [-0.2, -0.15) is 0 Å². The van der Waals surface area contributed by atoms with Crippen molar-refractivity contribution in [2.24, 2.45) is 5.92 Å². The van der Waals surface area contributed by atoms with Gasteiger partial charge in [-0.15, -0.1) is 0 Å². The monoisotopic (exact) mass is 276 g/mol. The Balaban J connectivity index is 1.65. The topological polar surface area (TPSA) is 38.1 Å². The molecule has 1 aliphatic rings. The van der Waals surface area contributed by atoms with E-state index in [-0.39, 0.29) is 0 Å². The maximum Gasteiger partial charge on any atom is 0.152 e. The van der Waals surface area contributed by atoms with Crippen LogP contribution in [0.1, 0.15) is 36.3 Å². The summed E-state index contributed by atoms with van der Waals surface area (Å²) < 4.78 is 5.84. The minimum atomic E-state index is 0.494. The van der Waals surface area contributed by atoms with Gasteiger partial charge < -0.3 is 9.73 Å². The largest absolute Gasteiger partial charge is 0.464 e. The molecule has 0 aliphatic heterocycles. The van der Waals surface area contributed by atoms with Crippen LogP contribution in [0.25, 0.3) is 0 Å². The molecule has 0 radical (unpaired) electrons. The van der Waals surface area contributed by atoms with Gasteiger partial charge in [-0.25, -0.2) is 4.98 Å². The zero-order valence-electron chi connectivity index (χ0n) is 11.1. The van der Waals surface area contributed by atoms with Gasteiger partial charge in [0.2, 0.25) is 0 Å². The second-order valence-corrected chi connectivity index (χ2v) is 5.69. The van der Waals surface area contributed by atoms with E-state index in [1.165, 1.54) is 6.42 Å². The zero-order valence-corrected chi connectivity index (χ0v) is 11.9.